The van der Waals surface area contributed by atoms with Crippen molar-refractivity contribution in [2.45, 2.75) is 32.9 Å². The lowest BCUT2D eigenvalue weighted by Crippen LogP contribution is -2.30. The molecule has 24 heavy (non-hydrogen) atoms. The second-order valence-corrected chi connectivity index (χ2v) is 6.79. The molecule has 5 nitrogen and oxygen atoms in total. The van der Waals surface area contributed by atoms with Crippen LogP contribution >= 0.6 is 11.6 Å². The monoisotopic (exact) mass is 347 g/mol. The molecule has 1 aliphatic heterocycles. The Hall–Kier alpha value is -1.85. The Morgan fingerprint density at radius 1 is 1.42 bits per heavy atom. The normalized spacial score (nSPS) is 18.8. The maximum Gasteiger partial charge on any atom is 0.258 e. The highest BCUT2D eigenvalue weighted by atomic mass is 35.5. The van der Waals surface area contributed by atoms with Crippen LogP contribution in [0.15, 0.2) is 30.3 Å². The lowest BCUT2D eigenvalue weighted by Gasteiger charge is -2.17. The molecule has 2 heterocycles. The number of likely N-dealkylation sites (tertiary alicyclic amines) is 1. The lowest BCUT2D eigenvalue weighted by molar-refractivity contribution is 0.0762. The maximum absolute atomic E-state index is 12.8. The summed E-state index contributed by atoms with van der Waals surface area (Å²) >= 11 is 6.46. The molecule has 0 spiro atoms. The van der Waals surface area contributed by atoms with Gasteiger partial charge in [0.2, 0.25) is 0 Å². The summed E-state index contributed by atoms with van der Waals surface area (Å²) in [6.07, 6.45) is 0.415. The van der Waals surface area contributed by atoms with Gasteiger partial charge < -0.3 is 10.0 Å². The number of rotatable bonds is 4. The highest BCUT2D eigenvalue weighted by Crippen LogP contribution is 2.26. The zero-order valence-electron chi connectivity index (χ0n) is 13.9. The van der Waals surface area contributed by atoms with Crippen LogP contribution in [0.4, 0.5) is 0 Å². The number of aliphatic hydroxyl groups is 1. The predicted molar refractivity (Wildman–Crippen MR) is 93.2 cm³/mol. The molecule has 1 amide bonds. The molecular weight excluding hydrogens is 326 g/mol. The van der Waals surface area contributed by atoms with Gasteiger partial charge in [0.1, 0.15) is 5.15 Å². The average Bonchev–Trinajstić information content (AvgIpc) is 3.14. The fourth-order valence-corrected chi connectivity index (χ4v) is 3.50. The van der Waals surface area contributed by atoms with Crippen LogP contribution in [0.3, 0.4) is 0 Å². The molecule has 1 saturated heterocycles. The van der Waals surface area contributed by atoms with Gasteiger partial charge in [-0.1, -0.05) is 41.9 Å². The number of hydrogen-bond acceptors (Lipinski definition) is 3. The van der Waals surface area contributed by atoms with Crippen LogP contribution in [0.2, 0.25) is 5.15 Å². The summed E-state index contributed by atoms with van der Waals surface area (Å²) in [7, 11) is 0. The molecule has 2 atom stereocenters. The van der Waals surface area contributed by atoms with Crippen molar-refractivity contribution in [3.63, 3.8) is 0 Å². The molecule has 1 aromatic heterocycles. The second kappa shape index (κ2) is 6.95. The summed E-state index contributed by atoms with van der Waals surface area (Å²) in [5, 5.41) is 14.5. The number of aryl methyl sites for hydroxylation is 1. The van der Waals surface area contributed by atoms with E-state index in [9.17, 15) is 9.90 Å². The van der Waals surface area contributed by atoms with E-state index >= 15 is 0 Å². The number of benzene rings is 1. The van der Waals surface area contributed by atoms with E-state index < -0.39 is 6.10 Å². The minimum absolute atomic E-state index is 0.0973. The third kappa shape index (κ3) is 3.32. The predicted octanol–water partition coefficient (Wildman–Crippen LogP) is 2.74. The maximum atomic E-state index is 12.8. The van der Waals surface area contributed by atoms with Crippen LogP contribution in [-0.4, -0.2) is 44.9 Å². The molecule has 1 N–H and O–H groups in total. The third-order valence-corrected chi connectivity index (χ3v) is 5.03. The van der Waals surface area contributed by atoms with Crippen LogP contribution in [0.1, 0.15) is 35.0 Å². The first-order chi connectivity index (χ1) is 11.5. The van der Waals surface area contributed by atoms with Crippen LogP contribution in [0.5, 0.6) is 0 Å². The Balaban J connectivity index is 1.80. The van der Waals surface area contributed by atoms with Crippen molar-refractivity contribution in [2.75, 3.05) is 13.1 Å². The fourth-order valence-electron chi connectivity index (χ4n) is 3.18. The topological polar surface area (TPSA) is 58.4 Å². The molecule has 1 aliphatic rings. The van der Waals surface area contributed by atoms with E-state index in [1.165, 1.54) is 0 Å². The van der Waals surface area contributed by atoms with Crippen molar-refractivity contribution in [1.29, 1.82) is 0 Å². The van der Waals surface area contributed by atoms with E-state index in [0.717, 1.165) is 12.0 Å². The van der Waals surface area contributed by atoms with E-state index in [2.05, 4.69) is 5.10 Å². The van der Waals surface area contributed by atoms with E-state index in [0.29, 0.717) is 36.0 Å². The van der Waals surface area contributed by atoms with Crippen LogP contribution in [-0.2, 0) is 6.54 Å². The van der Waals surface area contributed by atoms with Gasteiger partial charge in [0.05, 0.1) is 23.9 Å². The van der Waals surface area contributed by atoms with Crippen molar-refractivity contribution in [2.24, 2.45) is 5.92 Å². The number of aliphatic hydroxyl groups excluding tert-OH is 1. The second-order valence-electron chi connectivity index (χ2n) is 6.43. The number of carbonyl (C=O) groups excluding carboxylic acids is 1. The molecule has 1 fully saturated rings. The third-order valence-electron chi connectivity index (χ3n) is 4.65. The zero-order valence-corrected chi connectivity index (χ0v) is 14.7. The number of carbonyl (C=O) groups is 1. The number of hydrogen-bond donors (Lipinski definition) is 1. The zero-order chi connectivity index (χ0) is 17.3. The molecule has 0 aliphatic carbocycles. The first-order valence-corrected chi connectivity index (χ1v) is 8.59. The highest BCUT2D eigenvalue weighted by Gasteiger charge is 2.32. The minimum Gasteiger partial charge on any atom is -0.393 e. The van der Waals surface area contributed by atoms with E-state index in [1.807, 2.05) is 37.3 Å². The van der Waals surface area contributed by atoms with Crippen molar-refractivity contribution in [3.8, 4) is 0 Å². The number of amides is 1. The average molecular weight is 348 g/mol. The van der Waals surface area contributed by atoms with Gasteiger partial charge >= 0.3 is 0 Å². The Kier molecular flexibility index (Phi) is 4.92. The molecule has 2 unspecified atom stereocenters. The summed E-state index contributed by atoms with van der Waals surface area (Å²) in [6, 6.07) is 9.89. The molecule has 1 aromatic carbocycles. The summed E-state index contributed by atoms with van der Waals surface area (Å²) < 4.78 is 1.67. The Labute approximate surface area is 146 Å². The van der Waals surface area contributed by atoms with Gasteiger partial charge in [-0.15, -0.1) is 0 Å². The summed E-state index contributed by atoms with van der Waals surface area (Å²) in [5.74, 6) is 0.0346. The molecule has 128 valence electrons. The highest BCUT2D eigenvalue weighted by molar-refractivity contribution is 6.33. The standard InChI is InChI=1S/C18H22ClN3O2/c1-12-16(18(24)21-9-8-15(11-21)13(2)23)17(19)22(20-12)10-14-6-4-3-5-7-14/h3-7,13,15,23H,8-11H2,1-2H3. The molecule has 6 heteroatoms. The first-order valence-electron chi connectivity index (χ1n) is 8.21. The Bertz CT molecular complexity index is 727. The summed E-state index contributed by atoms with van der Waals surface area (Å²) in [6.45, 7) is 5.33. The quantitative estimate of drug-likeness (QED) is 0.925. The van der Waals surface area contributed by atoms with Crippen LogP contribution < -0.4 is 0 Å². The lowest BCUT2D eigenvalue weighted by atomic mass is 10.0. The van der Waals surface area contributed by atoms with Crippen molar-refractivity contribution in [1.82, 2.24) is 14.7 Å². The van der Waals surface area contributed by atoms with E-state index in [1.54, 1.807) is 16.5 Å². The van der Waals surface area contributed by atoms with Crippen molar-refractivity contribution >= 4 is 17.5 Å². The minimum atomic E-state index is -0.403. The van der Waals surface area contributed by atoms with E-state index in [-0.39, 0.29) is 11.8 Å². The van der Waals surface area contributed by atoms with Crippen LogP contribution in [0.25, 0.3) is 0 Å². The molecule has 0 radical (unpaired) electrons. The van der Waals surface area contributed by atoms with Gasteiger partial charge in [0.15, 0.2) is 0 Å². The molecule has 0 saturated carbocycles. The van der Waals surface area contributed by atoms with Gasteiger partial charge in [-0.2, -0.15) is 5.10 Å². The van der Waals surface area contributed by atoms with Crippen molar-refractivity contribution in [3.05, 3.63) is 52.3 Å². The molecular formula is C18H22ClN3O2. The van der Waals surface area contributed by atoms with Crippen molar-refractivity contribution < 1.29 is 9.90 Å². The Morgan fingerprint density at radius 2 is 2.12 bits per heavy atom. The van der Waals surface area contributed by atoms with Gasteiger partial charge in [0, 0.05) is 19.0 Å². The number of nitrogens with zero attached hydrogens (tertiary/aromatic N) is 3. The first kappa shape index (κ1) is 17.0. The van der Waals surface area contributed by atoms with Crippen LogP contribution in [0, 0.1) is 12.8 Å². The summed E-state index contributed by atoms with van der Waals surface area (Å²) in [5.41, 5.74) is 2.19. The number of halogens is 1. The van der Waals surface area contributed by atoms with Gasteiger partial charge in [-0.3, -0.25) is 4.79 Å². The number of aromatic nitrogens is 2. The molecule has 2 aromatic rings. The van der Waals surface area contributed by atoms with Gasteiger partial charge in [0.25, 0.3) is 5.91 Å². The van der Waals surface area contributed by atoms with E-state index in [4.69, 9.17) is 11.6 Å². The van der Waals surface area contributed by atoms with Gasteiger partial charge in [-0.05, 0) is 25.8 Å². The SMILES string of the molecule is Cc1nn(Cc2ccccc2)c(Cl)c1C(=O)N1CCC(C(C)O)C1. The summed E-state index contributed by atoms with van der Waals surface area (Å²) in [4.78, 5) is 14.6. The molecule has 0 bridgehead atoms. The largest absolute Gasteiger partial charge is 0.393 e. The molecule has 3 rings (SSSR count). The van der Waals surface area contributed by atoms with Gasteiger partial charge in [-0.25, -0.2) is 4.68 Å². The fraction of sp³-hybridized carbons (Fsp3) is 0.444. The smallest absolute Gasteiger partial charge is 0.258 e. The Morgan fingerprint density at radius 3 is 2.75 bits per heavy atom.